The van der Waals surface area contributed by atoms with Gasteiger partial charge in [0.25, 0.3) is 0 Å². The number of esters is 1. The summed E-state index contributed by atoms with van der Waals surface area (Å²) in [6.45, 7) is 4.24. The molecule has 0 amide bonds. The average molecular weight is 274 g/mol. The number of hydrogen-bond acceptors (Lipinski definition) is 3. The highest BCUT2D eigenvalue weighted by Crippen LogP contribution is 2.34. The number of carbonyl (C=O) groups is 2. The SMILES string of the molecule is CC1(C)CCC(C(=O)OCc2ccccc2)CCC1=O. The van der Waals surface area contributed by atoms with Crippen molar-refractivity contribution in [3.8, 4) is 0 Å². The van der Waals surface area contributed by atoms with Gasteiger partial charge in [0.2, 0.25) is 0 Å². The Hall–Kier alpha value is -1.64. The zero-order valence-electron chi connectivity index (χ0n) is 12.2. The number of ketones is 1. The van der Waals surface area contributed by atoms with Crippen molar-refractivity contribution in [1.29, 1.82) is 0 Å². The van der Waals surface area contributed by atoms with Crippen molar-refractivity contribution in [3.05, 3.63) is 35.9 Å². The molecule has 0 saturated heterocycles. The zero-order valence-corrected chi connectivity index (χ0v) is 12.2. The van der Waals surface area contributed by atoms with E-state index in [2.05, 4.69) is 0 Å². The first-order valence-electron chi connectivity index (χ1n) is 7.23. The third-order valence-corrected chi connectivity index (χ3v) is 4.15. The molecule has 1 atom stereocenters. The van der Waals surface area contributed by atoms with Gasteiger partial charge < -0.3 is 4.74 Å². The van der Waals surface area contributed by atoms with Gasteiger partial charge in [-0.15, -0.1) is 0 Å². The van der Waals surface area contributed by atoms with E-state index in [-0.39, 0.29) is 23.1 Å². The van der Waals surface area contributed by atoms with Gasteiger partial charge in [-0.3, -0.25) is 9.59 Å². The van der Waals surface area contributed by atoms with Gasteiger partial charge in [0.1, 0.15) is 12.4 Å². The topological polar surface area (TPSA) is 43.4 Å². The lowest BCUT2D eigenvalue weighted by molar-refractivity contribution is -0.150. The van der Waals surface area contributed by atoms with Crippen LogP contribution < -0.4 is 0 Å². The van der Waals surface area contributed by atoms with E-state index < -0.39 is 0 Å². The van der Waals surface area contributed by atoms with Crippen LogP contribution in [0.15, 0.2) is 30.3 Å². The Bertz CT molecular complexity index is 476. The van der Waals surface area contributed by atoms with Crippen LogP contribution >= 0.6 is 0 Å². The largest absolute Gasteiger partial charge is 0.461 e. The minimum atomic E-state index is -0.297. The van der Waals surface area contributed by atoms with E-state index in [0.717, 1.165) is 18.4 Å². The van der Waals surface area contributed by atoms with Crippen LogP contribution in [0.4, 0.5) is 0 Å². The van der Waals surface area contributed by atoms with Crippen LogP contribution in [-0.4, -0.2) is 11.8 Å². The predicted octanol–water partition coefficient (Wildman–Crippen LogP) is 3.52. The first-order valence-corrected chi connectivity index (χ1v) is 7.23. The normalized spacial score (nSPS) is 22.1. The summed E-state index contributed by atoms with van der Waals surface area (Å²) in [6.07, 6.45) is 2.61. The van der Waals surface area contributed by atoms with Crippen molar-refractivity contribution in [2.75, 3.05) is 0 Å². The van der Waals surface area contributed by atoms with E-state index in [0.29, 0.717) is 19.4 Å². The average Bonchev–Trinajstić information content (AvgIpc) is 2.57. The Morgan fingerprint density at radius 1 is 1.25 bits per heavy atom. The lowest BCUT2D eigenvalue weighted by atomic mass is 9.83. The molecule has 1 unspecified atom stereocenters. The highest BCUT2D eigenvalue weighted by Gasteiger charge is 2.34. The van der Waals surface area contributed by atoms with Gasteiger partial charge in [0.15, 0.2) is 0 Å². The molecule has 108 valence electrons. The molecule has 0 heterocycles. The number of benzene rings is 1. The molecule has 1 aromatic rings. The summed E-state index contributed by atoms with van der Waals surface area (Å²) in [7, 11) is 0. The predicted molar refractivity (Wildman–Crippen MR) is 77.0 cm³/mol. The molecule has 2 rings (SSSR count). The maximum atomic E-state index is 12.1. The number of hydrogen-bond donors (Lipinski definition) is 0. The number of rotatable bonds is 3. The molecule has 0 aliphatic heterocycles. The maximum absolute atomic E-state index is 12.1. The summed E-state index contributed by atoms with van der Waals surface area (Å²) in [6, 6.07) is 9.66. The lowest BCUT2D eigenvalue weighted by Crippen LogP contribution is -2.22. The fourth-order valence-electron chi connectivity index (χ4n) is 2.54. The van der Waals surface area contributed by atoms with Gasteiger partial charge in [-0.05, 0) is 24.8 Å². The standard InChI is InChI=1S/C17H22O3/c1-17(2)11-10-14(8-9-15(17)18)16(19)20-12-13-6-4-3-5-7-13/h3-7,14H,8-12H2,1-2H3. The highest BCUT2D eigenvalue weighted by molar-refractivity contribution is 5.85. The first kappa shape index (κ1) is 14.8. The van der Waals surface area contributed by atoms with Gasteiger partial charge in [-0.25, -0.2) is 0 Å². The third-order valence-electron chi connectivity index (χ3n) is 4.15. The van der Waals surface area contributed by atoms with Crippen LogP contribution in [-0.2, 0) is 20.9 Å². The Labute approximate surface area is 120 Å². The fraction of sp³-hybridized carbons (Fsp3) is 0.529. The molecular weight excluding hydrogens is 252 g/mol. The molecule has 1 aromatic carbocycles. The molecule has 20 heavy (non-hydrogen) atoms. The second-order valence-corrected chi connectivity index (χ2v) is 6.17. The molecule has 0 aromatic heterocycles. The van der Waals surface area contributed by atoms with Gasteiger partial charge in [0.05, 0.1) is 5.92 Å². The summed E-state index contributed by atoms with van der Waals surface area (Å²) >= 11 is 0. The van der Waals surface area contributed by atoms with Crippen LogP contribution in [0.1, 0.15) is 45.1 Å². The van der Waals surface area contributed by atoms with Gasteiger partial charge in [0, 0.05) is 11.8 Å². The highest BCUT2D eigenvalue weighted by atomic mass is 16.5. The van der Waals surface area contributed by atoms with E-state index in [1.54, 1.807) is 0 Å². The molecular formula is C17H22O3. The summed E-state index contributed by atoms with van der Waals surface area (Å²) in [4.78, 5) is 24.0. The van der Waals surface area contributed by atoms with E-state index in [4.69, 9.17) is 4.74 Å². The second kappa shape index (κ2) is 6.21. The fourth-order valence-corrected chi connectivity index (χ4v) is 2.54. The molecule has 0 radical (unpaired) electrons. The van der Waals surface area contributed by atoms with Crippen LogP contribution in [0, 0.1) is 11.3 Å². The molecule has 0 N–H and O–H groups in total. The Balaban J connectivity index is 1.88. The smallest absolute Gasteiger partial charge is 0.309 e. The molecule has 0 spiro atoms. The molecule has 3 heteroatoms. The summed E-state index contributed by atoms with van der Waals surface area (Å²) in [5, 5.41) is 0. The Morgan fingerprint density at radius 2 is 1.95 bits per heavy atom. The van der Waals surface area contributed by atoms with Gasteiger partial charge in [-0.2, -0.15) is 0 Å². The van der Waals surface area contributed by atoms with E-state index in [1.807, 2.05) is 44.2 Å². The Kier molecular flexibility index (Phi) is 4.58. The van der Waals surface area contributed by atoms with Crippen LogP contribution in [0.5, 0.6) is 0 Å². The molecule has 1 fully saturated rings. The second-order valence-electron chi connectivity index (χ2n) is 6.17. The van der Waals surface area contributed by atoms with Crippen molar-refractivity contribution in [2.24, 2.45) is 11.3 Å². The molecule has 0 bridgehead atoms. The van der Waals surface area contributed by atoms with Crippen molar-refractivity contribution >= 4 is 11.8 Å². The van der Waals surface area contributed by atoms with Crippen LogP contribution in [0.25, 0.3) is 0 Å². The maximum Gasteiger partial charge on any atom is 0.309 e. The summed E-state index contributed by atoms with van der Waals surface area (Å²) in [5.41, 5.74) is 0.694. The zero-order chi connectivity index (χ0) is 14.6. The number of ether oxygens (including phenoxy) is 1. The quantitative estimate of drug-likeness (QED) is 0.625. The van der Waals surface area contributed by atoms with Crippen LogP contribution in [0.3, 0.4) is 0 Å². The third kappa shape index (κ3) is 3.69. The first-order chi connectivity index (χ1) is 9.49. The Morgan fingerprint density at radius 3 is 2.65 bits per heavy atom. The van der Waals surface area contributed by atoms with Crippen molar-refractivity contribution < 1.29 is 14.3 Å². The van der Waals surface area contributed by atoms with Crippen molar-refractivity contribution in [3.63, 3.8) is 0 Å². The minimum absolute atomic E-state index is 0.135. The van der Waals surface area contributed by atoms with Crippen molar-refractivity contribution in [1.82, 2.24) is 0 Å². The minimum Gasteiger partial charge on any atom is -0.461 e. The van der Waals surface area contributed by atoms with E-state index in [1.165, 1.54) is 0 Å². The molecule has 1 saturated carbocycles. The van der Waals surface area contributed by atoms with Gasteiger partial charge >= 0.3 is 5.97 Å². The monoisotopic (exact) mass is 274 g/mol. The summed E-state index contributed by atoms with van der Waals surface area (Å²) < 4.78 is 5.38. The van der Waals surface area contributed by atoms with E-state index in [9.17, 15) is 9.59 Å². The van der Waals surface area contributed by atoms with E-state index >= 15 is 0 Å². The summed E-state index contributed by atoms with van der Waals surface area (Å²) in [5.74, 6) is -0.0420. The molecule has 1 aliphatic carbocycles. The lowest BCUT2D eigenvalue weighted by Gasteiger charge is -2.20. The molecule has 3 nitrogen and oxygen atoms in total. The van der Waals surface area contributed by atoms with Crippen LogP contribution in [0.2, 0.25) is 0 Å². The van der Waals surface area contributed by atoms with Crippen molar-refractivity contribution in [2.45, 2.75) is 46.1 Å². The number of carbonyl (C=O) groups excluding carboxylic acids is 2. The number of Topliss-reactive ketones (excluding diaryl/α,β-unsaturated/α-hetero) is 1. The van der Waals surface area contributed by atoms with Gasteiger partial charge in [-0.1, -0.05) is 44.2 Å². The molecule has 1 aliphatic rings.